The van der Waals surface area contributed by atoms with Crippen molar-refractivity contribution in [3.63, 3.8) is 0 Å². The van der Waals surface area contributed by atoms with Crippen molar-refractivity contribution in [2.24, 2.45) is 0 Å². The fourth-order valence-electron chi connectivity index (χ4n) is 2.47. The van der Waals surface area contributed by atoms with Gasteiger partial charge in [-0.15, -0.1) is 0 Å². The Morgan fingerprint density at radius 1 is 0.964 bits per heavy atom. The Morgan fingerprint density at radius 2 is 1.61 bits per heavy atom. The van der Waals surface area contributed by atoms with Crippen molar-refractivity contribution in [1.82, 2.24) is 9.97 Å². The van der Waals surface area contributed by atoms with E-state index in [0.717, 1.165) is 23.5 Å². The lowest BCUT2D eigenvalue weighted by Gasteiger charge is -2.11. The van der Waals surface area contributed by atoms with Crippen molar-refractivity contribution in [3.05, 3.63) is 66.1 Å². The average Bonchev–Trinajstić information content (AvgIpc) is 2.63. The Balaban J connectivity index is 1.72. The summed E-state index contributed by atoms with van der Waals surface area (Å²) in [6.07, 6.45) is 0. The largest absolute Gasteiger partial charge is 0.354 e. The van der Waals surface area contributed by atoms with Crippen LogP contribution in [0.1, 0.15) is 12.6 Å². The first kappa shape index (κ1) is 19.6. The third kappa shape index (κ3) is 4.95. The molecule has 3 rings (SSSR count). The van der Waals surface area contributed by atoms with E-state index in [4.69, 9.17) is 0 Å². The zero-order valence-corrected chi connectivity index (χ0v) is 16.2. The number of halogens is 1. The molecule has 3 N–H and O–H groups in total. The molecule has 146 valence electrons. The summed E-state index contributed by atoms with van der Waals surface area (Å²) in [5.41, 5.74) is 1.95. The van der Waals surface area contributed by atoms with Crippen LogP contribution in [0.2, 0.25) is 0 Å². The minimum atomic E-state index is -3.79. The van der Waals surface area contributed by atoms with E-state index in [9.17, 15) is 12.8 Å². The summed E-state index contributed by atoms with van der Waals surface area (Å²) in [4.78, 5) is 8.65. The first-order valence-corrected chi connectivity index (χ1v) is 10.1. The van der Waals surface area contributed by atoms with Gasteiger partial charge in [0.05, 0.1) is 4.90 Å². The summed E-state index contributed by atoms with van der Waals surface area (Å²) in [6, 6.07) is 13.2. The van der Waals surface area contributed by atoms with Crippen LogP contribution >= 0.6 is 0 Å². The molecular weight excluding hydrogens is 381 g/mol. The molecule has 0 bridgehead atoms. The number of aryl methyl sites for hydroxylation is 1. The summed E-state index contributed by atoms with van der Waals surface area (Å²) in [5.74, 6) is 0.670. The smallest absolute Gasteiger partial charge is 0.261 e. The Labute approximate surface area is 163 Å². The monoisotopic (exact) mass is 401 g/mol. The van der Waals surface area contributed by atoms with Crippen LogP contribution < -0.4 is 15.4 Å². The molecule has 9 heteroatoms. The number of sulfonamides is 1. The van der Waals surface area contributed by atoms with Gasteiger partial charge in [-0.25, -0.2) is 17.8 Å². The molecule has 28 heavy (non-hydrogen) atoms. The number of hydrogen-bond acceptors (Lipinski definition) is 6. The van der Waals surface area contributed by atoms with E-state index in [1.54, 1.807) is 24.3 Å². The zero-order valence-electron chi connectivity index (χ0n) is 15.4. The number of benzene rings is 2. The number of nitrogens with zero attached hydrogens (tertiary/aromatic N) is 2. The fraction of sp³-hybridized carbons (Fsp3) is 0.158. The molecule has 0 atom stereocenters. The highest BCUT2D eigenvalue weighted by Gasteiger charge is 2.14. The van der Waals surface area contributed by atoms with E-state index in [-0.39, 0.29) is 4.90 Å². The van der Waals surface area contributed by atoms with Gasteiger partial charge in [0.1, 0.15) is 11.6 Å². The van der Waals surface area contributed by atoms with Crippen molar-refractivity contribution in [2.45, 2.75) is 18.7 Å². The summed E-state index contributed by atoms with van der Waals surface area (Å²) in [7, 11) is -3.79. The molecule has 1 heterocycles. The third-order valence-electron chi connectivity index (χ3n) is 3.72. The van der Waals surface area contributed by atoms with Crippen LogP contribution in [0.3, 0.4) is 0 Å². The molecule has 0 saturated carbocycles. The fourth-order valence-corrected chi connectivity index (χ4v) is 3.53. The van der Waals surface area contributed by atoms with Gasteiger partial charge in [-0.05, 0) is 62.4 Å². The van der Waals surface area contributed by atoms with E-state index in [2.05, 4.69) is 25.3 Å². The molecular formula is C19H20FN5O2S. The van der Waals surface area contributed by atoms with Gasteiger partial charge >= 0.3 is 0 Å². The Kier molecular flexibility index (Phi) is 5.74. The molecule has 0 unspecified atom stereocenters. The van der Waals surface area contributed by atoms with Crippen molar-refractivity contribution in [2.75, 3.05) is 21.9 Å². The standard InChI is InChI=1S/C19H20FN5O2S/c1-3-21-19-22-13(2)12-18(24-19)23-15-6-8-16(9-7-15)25-28(26,27)17-10-4-14(20)5-11-17/h4-12,25H,3H2,1-2H3,(H2,21,22,23,24). The number of hydrogen-bond donors (Lipinski definition) is 3. The van der Waals surface area contributed by atoms with Crippen molar-refractivity contribution >= 4 is 33.2 Å². The lowest BCUT2D eigenvalue weighted by Crippen LogP contribution is -2.12. The summed E-state index contributed by atoms with van der Waals surface area (Å²) in [6.45, 7) is 4.55. The summed E-state index contributed by atoms with van der Waals surface area (Å²) < 4.78 is 40.2. The predicted molar refractivity (Wildman–Crippen MR) is 108 cm³/mol. The van der Waals surface area contributed by atoms with Crippen LogP contribution in [0.4, 0.5) is 27.5 Å². The number of nitrogens with one attached hydrogen (secondary N) is 3. The van der Waals surface area contributed by atoms with Crippen molar-refractivity contribution in [3.8, 4) is 0 Å². The molecule has 2 aromatic carbocycles. The first-order valence-electron chi connectivity index (χ1n) is 8.61. The van der Waals surface area contributed by atoms with Crippen LogP contribution in [0.25, 0.3) is 0 Å². The lowest BCUT2D eigenvalue weighted by atomic mass is 10.3. The summed E-state index contributed by atoms with van der Waals surface area (Å²) >= 11 is 0. The lowest BCUT2D eigenvalue weighted by molar-refractivity contribution is 0.599. The highest BCUT2D eigenvalue weighted by molar-refractivity contribution is 7.92. The van der Waals surface area contributed by atoms with Gasteiger partial charge in [0.25, 0.3) is 10.0 Å². The molecule has 0 saturated heterocycles. The van der Waals surface area contributed by atoms with Gasteiger partial charge in [-0.2, -0.15) is 4.98 Å². The topological polar surface area (TPSA) is 96.0 Å². The van der Waals surface area contributed by atoms with Gasteiger partial charge in [0.2, 0.25) is 5.95 Å². The second-order valence-corrected chi connectivity index (χ2v) is 7.69. The second kappa shape index (κ2) is 8.22. The summed E-state index contributed by atoms with van der Waals surface area (Å²) in [5, 5.41) is 6.23. The van der Waals surface area contributed by atoms with Crippen LogP contribution in [0.5, 0.6) is 0 Å². The first-order chi connectivity index (χ1) is 13.4. The van der Waals surface area contributed by atoms with Crippen molar-refractivity contribution in [1.29, 1.82) is 0 Å². The van der Waals surface area contributed by atoms with Gasteiger partial charge in [0, 0.05) is 29.7 Å². The molecule has 0 aliphatic rings. The van der Waals surface area contributed by atoms with E-state index < -0.39 is 15.8 Å². The maximum atomic E-state index is 13.0. The van der Waals surface area contributed by atoms with Crippen LogP contribution in [-0.2, 0) is 10.0 Å². The van der Waals surface area contributed by atoms with Gasteiger partial charge in [-0.3, -0.25) is 4.72 Å². The number of rotatable bonds is 7. The Hall–Kier alpha value is -3.20. The van der Waals surface area contributed by atoms with E-state index in [0.29, 0.717) is 24.0 Å². The van der Waals surface area contributed by atoms with E-state index >= 15 is 0 Å². The number of anilines is 4. The molecule has 7 nitrogen and oxygen atoms in total. The molecule has 0 radical (unpaired) electrons. The predicted octanol–water partition coefficient (Wildman–Crippen LogP) is 3.90. The highest BCUT2D eigenvalue weighted by Crippen LogP contribution is 2.21. The molecule has 0 spiro atoms. The molecule has 0 fully saturated rings. The third-order valence-corrected chi connectivity index (χ3v) is 5.12. The van der Waals surface area contributed by atoms with Crippen LogP contribution in [-0.4, -0.2) is 24.9 Å². The minimum absolute atomic E-state index is 0.0106. The van der Waals surface area contributed by atoms with Crippen LogP contribution in [0.15, 0.2) is 59.5 Å². The van der Waals surface area contributed by atoms with Gasteiger partial charge in [0.15, 0.2) is 0 Å². The normalized spacial score (nSPS) is 11.1. The van der Waals surface area contributed by atoms with Crippen molar-refractivity contribution < 1.29 is 12.8 Å². The highest BCUT2D eigenvalue weighted by atomic mass is 32.2. The quantitative estimate of drug-likeness (QED) is 0.556. The molecule has 1 aromatic heterocycles. The zero-order chi connectivity index (χ0) is 20.1. The molecule has 0 amide bonds. The average molecular weight is 401 g/mol. The number of aromatic nitrogens is 2. The second-order valence-electron chi connectivity index (χ2n) is 6.01. The van der Waals surface area contributed by atoms with Crippen LogP contribution in [0, 0.1) is 12.7 Å². The molecule has 0 aliphatic heterocycles. The minimum Gasteiger partial charge on any atom is -0.354 e. The maximum Gasteiger partial charge on any atom is 0.261 e. The molecule has 0 aliphatic carbocycles. The Bertz CT molecular complexity index is 1050. The van der Waals surface area contributed by atoms with Gasteiger partial charge < -0.3 is 10.6 Å². The van der Waals surface area contributed by atoms with Gasteiger partial charge in [-0.1, -0.05) is 0 Å². The molecule has 3 aromatic rings. The maximum absolute atomic E-state index is 13.0. The van der Waals surface area contributed by atoms with E-state index in [1.807, 2.05) is 19.9 Å². The SMILES string of the molecule is CCNc1nc(C)cc(Nc2ccc(NS(=O)(=O)c3ccc(F)cc3)cc2)n1. The Morgan fingerprint density at radius 3 is 2.25 bits per heavy atom. The van der Waals surface area contributed by atoms with E-state index in [1.165, 1.54) is 12.1 Å².